The van der Waals surface area contributed by atoms with Gasteiger partial charge < -0.3 is 15.4 Å². The van der Waals surface area contributed by atoms with E-state index < -0.39 is 36.1 Å². The van der Waals surface area contributed by atoms with Crippen LogP contribution in [0.5, 0.6) is 0 Å². The molecule has 3 rings (SSSR count). The largest absolute Gasteiger partial charge is 0.451 e. The molecule has 8 heteroatoms. The molecule has 1 saturated carbocycles. The lowest BCUT2D eigenvalue weighted by molar-refractivity contribution is -0.157. The van der Waals surface area contributed by atoms with Crippen molar-refractivity contribution in [1.82, 2.24) is 15.5 Å². The molecule has 0 radical (unpaired) electrons. The Balaban J connectivity index is 1.48. The maximum atomic E-state index is 12.9. The van der Waals surface area contributed by atoms with Gasteiger partial charge in [-0.15, -0.1) is 0 Å². The van der Waals surface area contributed by atoms with Crippen LogP contribution in [0.4, 0.5) is 4.79 Å². The summed E-state index contributed by atoms with van der Waals surface area (Å²) in [7, 11) is 0. The Bertz CT molecular complexity index is 812. The molecule has 4 amide bonds. The molecule has 3 atom stereocenters. The number of carbonyl (C=O) groups is 4. The van der Waals surface area contributed by atoms with Crippen molar-refractivity contribution in [3.05, 3.63) is 35.9 Å². The van der Waals surface area contributed by atoms with Crippen LogP contribution in [-0.2, 0) is 25.5 Å². The van der Waals surface area contributed by atoms with Crippen LogP contribution in [-0.4, -0.2) is 53.4 Å². The fraction of sp³-hybridized carbons (Fsp3) is 0.545. The van der Waals surface area contributed by atoms with E-state index in [-0.39, 0.29) is 11.8 Å². The minimum absolute atomic E-state index is 0.0121. The zero-order valence-corrected chi connectivity index (χ0v) is 17.5. The zero-order valence-electron chi connectivity index (χ0n) is 17.5. The first-order valence-corrected chi connectivity index (χ1v) is 10.5. The van der Waals surface area contributed by atoms with Gasteiger partial charge in [0, 0.05) is 6.54 Å². The Hall–Kier alpha value is -2.90. The number of nitrogens with zero attached hydrogens (tertiary/aromatic N) is 1. The Morgan fingerprint density at radius 1 is 1.27 bits per heavy atom. The summed E-state index contributed by atoms with van der Waals surface area (Å²) in [5.74, 6) is -1.58. The summed E-state index contributed by atoms with van der Waals surface area (Å²) in [6, 6.07) is 9.13. The van der Waals surface area contributed by atoms with Crippen LogP contribution < -0.4 is 10.6 Å². The molecule has 0 aromatic heterocycles. The van der Waals surface area contributed by atoms with Gasteiger partial charge in [-0.1, -0.05) is 50.1 Å². The molecule has 1 saturated heterocycles. The lowest BCUT2D eigenvalue weighted by Gasteiger charge is -2.36. The zero-order chi connectivity index (χ0) is 21.7. The number of esters is 1. The van der Waals surface area contributed by atoms with Gasteiger partial charge in [-0.05, 0) is 37.7 Å². The third-order valence-corrected chi connectivity index (χ3v) is 6.02. The number of rotatable bonds is 7. The average Bonchev–Trinajstić information content (AvgIpc) is 2.96. The summed E-state index contributed by atoms with van der Waals surface area (Å²) in [4.78, 5) is 50.6. The summed E-state index contributed by atoms with van der Waals surface area (Å²) >= 11 is 0. The Labute approximate surface area is 176 Å². The molecule has 1 aromatic rings. The molecule has 162 valence electrons. The minimum Gasteiger partial charge on any atom is -0.451 e. The molecule has 0 bridgehead atoms. The minimum atomic E-state index is -1.02. The number of urea groups is 1. The number of hydrogen-bond donors (Lipinski definition) is 2. The summed E-state index contributed by atoms with van der Waals surface area (Å²) in [5, 5.41) is 5.52. The van der Waals surface area contributed by atoms with E-state index in [2.05, 4.69) is 10.6 Å². The molecule has 1 aliphatic carbocycles. The van der Waals surface area contributed by atoms with Crippen molar-refractivity contribution in [3.8, 4) is 0 Å². The van der Waals surface area contributed by atoms with E-state index in [1.165, 1.54) is 6.92 Å². The molecule has 30 heavy (non-hydrogen) atoms. The van der Waals surface area contributed by atoms with Crippen molar-refractivity contribution < 1.29 is 23.9 Å². The number of hydrogen-bond acceptors (Lipinski definition) is 5. The van der Waals surface area contributed by atoms with E-state index >= 15 is 0 Å². The lowest BCUT2D eigenvalue weighted by Crippen LogP contribution is -2.54. The Morgan fingerprint density at radius 2 is 2.00 bits per heavy atom. The predicted molar refractivity (Wildman–Crippen MR) is 109 cm³/mol. The lowest BCUT2D eigenvalue weighted by atomic mass is 9.73. The number of benzene rings is 1. The second kappa shape index (κ2) is 9.28. The molecular weight excluding hydrogens is 386 g/mol. The van der Waals surface area contributed by atoms with E-state index in [4.69, 9.17) is 4.74 Å². The van der Waals surface area contributed by atoms with Crippen LogP contribution >= 0.6 is 0 Å². The third-order valence-electron chi connectivity index (χ3n) is 6.02. The first-order valence-electron chi connectivity index (χ1n) is 10.5. The van der Waals surface area contributed by atoms with E-state index in [1.807, 2.05) is 37.3 Å². The van der Waals surface area contributed by atoms with E-state index in [9.17, 15) is 19.2 Å². The van der Waals surface area contributed by atoms with Gasteiger partial charge in [0.05, 0.1) is 0 Å². The van der Waals surface area contributed by atoms with Crippen molar-refractivity contribution in [2.45, 2.75) is 57.6 Å². The summed E-state index contributed by atoms with van der Waals surface area (Å²) in [6.45, 7) is 3.33. The van der Waals surface area contributed by atoms with Crippen LogP contribution in [0.3, 0.4) is 0 Å². The fourth-order valence-electron chi connectivity index (χ4n) is 4.17. The molecule has 1 aliphatic heterocycles. The van der Waals surface area contributed by atoms with E-state index in [0.717, 1.165) is 29.7 Å². The van der Waals surface area contributed by atoms with Gasteiger partial charge in [-0.3, -0.25) is 19.3 Å². The molecule has 8 nitrogen and oxygen atoms in total. The van der Waals surface area contributed by atoms with Crippen molar-refractivity contribution in [1.29, 1.82) is 0 Å². The SMILES string of the molecule is C[C@H](OC(=O)CN1C(=O)N[C@]2(CCCC[C@H]2C)C1=O)C(=O)NCCc1ccccc1. The third kappa shape index (κ3) is 4.63. The smallest absolute Gasteiger partial charge is 0.327 e. The molecular formula is C22H29N3O5. The van der Waals surface area contributed by atoms with Gasteiger partial charge in [0.2, 0.25) is 0 Å². The fourth-order valence-corrected chi connectivity index (χ4v) is 4.17. The first kappa shape index (κ1) is 21.8. The highest BCUT2D eigenvalue weighted by Crippen LogP contribution is 2.38. The highest BCUT2D eigenvalue weighted by Gasteiger charge is 2.55. The van der Waals surface area contributed by atoms with Crippen LogP contribution in [0.15, 0.2) is 30.3 Å². The molecule has 2 N–H and O–H groups in total. The number of amides is 4. The van der Waals surface area contributed by atoms with Crippen LogP contribution in [0.25, 0.3) is 0 Å². The molecule has 1 heterocycles. The van der Waals surface area contributed by atoms with Crippen molar-refractivity contribution in [3.63, 3.8) is 0 Å². The van der Waals surface area contributed by atoms with Crippen molar-refractivity contribution in [2.75, 3.05) is 13.1 Å². The van der Waals surface area contributed by atoms with Crippen LogP contribution in [0.1, 0.15) is 45.1 Å². The van der Waals surface area contributed by atoms with Crippen molar-refractivity contribution >= 4 is 23.8 Å². The maximum absolute atomic E-state index is 12.9. The molecule has 1 aromatic carbocycles. The number of imide groups is 1. The molecule has 0 unspecified atom stereocenters. The average molecular weight is 415 g/mol. The number of carbonyl (C=O) groups excluding carboxylic acids is 4. The van der Waals surface area contributed by atoms with Gasteiger partial charge in [0.15, 0.2) is 6.10 Å². The molecule has 1 spiro atoms. The number of ether oxygens (including phenoxy) is 1. The highest BCUT2D eigenvalue weighted by molar-refractivity contribution is 6.09. The summed E-state index contributed by atoms with van der Waals surface area (Å²) in [6.07, 6.45) is 2.95. The van der Waals surface area contributed by atoms with Crippen molar-refractivity contribution in [2.24, 2.45) is 5.92 Å². The maximum Gasteiger partial charge on any atom is 0.327 e. The van der Waals surface area contributed by atoms with E-state index in [1.54, 1.807) is 0 Å². The van der Waals surface area contributed by atoms with Crippen LogP contribution in [0.2, 0.25) is 0 Å². The first-order chi connectivity index (χ1) is 14.3. The molecule has 2 aliphatic rings. The second-order valence-electron chi connectivity index (χ2n) is 8.10. The Kier molecular flexibility index (Phi) is 6.74. The summed E-state index contributed by atoms with van der Waals surface area (Å²) in [5.41, 5.74) is 0.169. The van der Waals surface area contributed by atoms with Gasteiger partial charge >= 0.3 is 12.0 Å². The van der Waals surface area contributed by atoms with E-state index in [0.29, 0.717) is 19.4 Å². The topological polar surface area (TPSA) is 105 Å². The Morgan fingerprint density at radius 3 is 2.70 bits per heavy atom. The van der Waals surface area contributed by atoms with Gasteiger partial charge in [-0.2, -0.15) is 0 Å². The van der Waals surface area contributed by atoms with Gasteiger partial charge in [0.1, 0.15) is 12.1 Å². The predicted octanol–water partition coefficient (Wildman–Crippen LogP) is 1.78. The highest BCUT2D eigenvalue weighted by atomic mass is 16.5. The monoisotopic (exact) mass is 415 g/mol. The number of nitrogens with one attached hydrogen (secondary N) is 2. The summed E-state index contributed by atoms with van der Waals surface area (Å²) < 4.78 is 5.15. The molecule has 2 fully saturated rings. The second-order valence-corrected chi connectivity index (χ2v) is 8.10. The normalized spacial score (nSPS) is 24.5. The van der Waals surface area contributed by atoms with Gasteiger partial charge in [-0.25, -0.2) is 4.79 Å². The standard InChI is InChI=1S/C22H29N3O5/c1-15-8-6-7-12-22(15)20(28)25(21(29)24-22)14-18(26)30-16(2)19(27)23-13-11-17-9-4-3-5-10-17/h3-5,9-10,15-16H,6-8,11-14H2,1-2H3,(H,23,27)(H,24,29)/t15-,16+,22+/m1/s1. The van der Waals surface area contributed by atoms with Gasteiger partial charge in [0.25, 0.3) is 11.8 Å². The van der Waals surface area contributed by atoms with Crippen LogP contribution in [0, 0.1) is 5.92 Å². The quantitative estimate of drug-likeness (QED) is 0.522.